The van der Waals surface area contributed by atoms with Crippen molar-refractivity contribution in [3.63, 3.8) is 0 Å². The summed E-state index contributed by atoms with van der Waals surface area (Å²) >= 11 is 0. The van der Waals surface area contributed by atoms with Gasteiger partial charge in [-0.15, -0.1) is 0 Å². The molecule has 0 radical (unpaired) electrons. The van der Waals surface area contributed by atoms with E-state index in [-0.39, 0.29) is 0 Å². The normalized spacial score (nSPS) is 15.3. The fourth-order valence-electron chi connectivity index (χ4n) is 1.25. The van der Waals surface area contributed by atoms with Crippen molar-refractivity contribution in [2.45, 2.75) is 6.92 Å². The highest BCUT2D eigenvalue weighted by Crippen LogP contribution is 2.29. The van der Waals surface area contributed by atoms with Crippen LogP contribution in [-0.2, 0) is 0 Å². The van der Waals surface area contributed by atoms with E-state index in [0.717, 1.165) is 22.8 Å². The minimum absolute atomic E-state index is 0.843. The first-order chi connectivity index (χ1) is 6.20. The van der Waals surface area contributed by atoms with Gasteiger partial charge in [0.15, 0.2) is 0 Å². The Bertz CT molecular complexity index is 399. The van der Waals surface area contributed by atoms with Gasteiger partial charge in [0, 0.05) is 11.3 Å². The molecule has 0 N–H and O–H groups in total. The highest BCUT2D eigenvalue weighted by atomic mass is 15.2. The van der Waals surface area contributed by atoms with Crippen LogP contribution in [0.15, 0.2) is 24.0 Å². The summed E-state index contributed by atoms with van der Waals surface area (Å²) in [5.74, 6) is 0.922. The zero-order valence-corrected chi connectivity index (χ0v) is 7.65. The Labute approximate surface area is 77.4 Å². The molecule has 0 aromatic carbocycles. The van der Waals surface area contributed by atoms with Crippen LogP contribution in [0.5, 0.6) is 0 Å². The van der Waals surface area contributed by atoms with Crippen LogP contribution >= 0.6 is 0 Å². The Morgan fingerprint density at radius 2 is 2.08 bits per heavy atom. The average Bonchev–Trinajstić information content (AvgIpc) is 2.15. The summed E-state index contributed by atoms with van der Waals surface area (Å²) in [6, 6.07) is 0. The van der Waals surface area contributed by atoms with Gasteiger partial charge in [0.2, 0.25) is 7.98 Å². The number of aliphatic imine (C=N–C) groups is 1. The van der Waals surface area contributed by atoms with Gasteiger partial charge < -0.3 is 4.81 Å². The molecule has 1 aromatic rings. The van der Waals surface area contributed by atoms with Crippen molar-refractivity contribution in [2.24, 2.45) is 4.99 Å². The van der Waals surface area contributed by atoms with Crippen molar-refractivity contribution in [1.29, 1.82) is 0 Å². The second-order valence-corrected chi connectivity index (χ2v) is 2.95. The van der Waals surface area contributed by atoms with Crippen LogP contribution in [0.25, 0.3) is 5.70 Å². The fourth-order valence-corrected chi connectivity index (χ4v) is 1.25. The molecule has 1 aliphatic heterocycles. The average molecular weight is 172 g/mol. The maximum atomic E-state index is 4.36. The molecule has 0 spiro atoms. The molecular weight excluding hydrogens is 163 g/mol. The van der Waals surface area contributed by atoms with E-state index in [9.17, 15) is 0 Å². The lowest BCUT2D eigenvalue weighted by atomic mass is 10.1. The number of rotatable bonds is 0. The first-order valence-electron chi connectivity index (χ1n) is 3.99. The Morgan fingerprint density at radius 1 is 1.38 bits per heavy atom. The molecule has 1 aromatic heterocycles. The monoisotopic (exact) mass is 172 g/mol. The molecule has 0 saturated heterocycles. The van der Waals surface area contributed by atoms with Gasteiger partial charge in [-0.25, -0.2) is 4.99 Å². The molecule has 0 saturated carbocycles. The predicted octanol–water partition coefficient (Wildman–Crippen LogP) is 0.361. The molecule has 0 unspecified atom stereocenters. The Balaban J connectivity index is 2.63. The summed E-state index contributed by atoms with van der Waals surface area (Å²) in [5.41, 5.74) is 2.70. The van der Waals surface area contributed by atoms with Crippen molar-refractivity contribution in [3.05, 3.63) is 24.5 Å². The Hall–Kier alpha value is -1.65. The number of fused-ring (bicyclic) bond motifs is 1. The molecule has 64 valence electrons. The van der Waals surface area contributed by atoms with Crippen LogP contribution in [0.2, 0.25) is 0 Å². The number of nitrogens with zero attached hydrogens (tertiary/aromatic N) is 4. The smallest absolute Gasteiger partial charge is 0.225 e. The molecule has 1 aliphatic rings. The van der Waals surface area contributed by atoms with Crippen molar-refractivity contribution in [1.82, 2.24) is 15.0 Å². The lowest BCUT2D eigenvalue weighted by Gasteiger charge is -2.26. The molecule has 2 rings (SSSR count). The van der Waals surface area contributed by atoms with E-state index in [0.29, 0.717) is 0 Å². The van der Waals surface area contributed by atoms with Gasteiger partial charge >= 0.3 is 0 Å². The maximum Gasteiger partial charge on any atom is 0.225 e. The minimum Gasteiger partial charge on any atom is -0.382 e. The summed E-state index contributed by atoms with van der Waals surface area (Å²) in [5, 5.41) is 7.58. The van der Waals surface area contributed by atoms with E-state index in [4.69, 9.17) is 0 Å². The van der Waals surface area contributed by atoms with Crippen molar-refractivity contribution in [3.8, 4) is 0 Å². The first kappa shape index (κ1) is 7.98. The van der Waals surface area contributed by atoms with Gasteiger partial charge in [-0.2, -0.15) is 10.2 Å². The molecule has 4 nitrogen and oxygen atoms in total. The van der Waals surface area contributed by atoms with E-state index in [1.54, 1.807) is 12.4 Å². The Morgan fingerprint density at radius 3 is 2.85 bits per heavy atom. The van der Waals surface area contributed by atoms with Crippen LogP contribution in [0.4, 0.5) is 5.69 Å². The molecule has 5 heteroatoms. The van der Waals surface area contributed by atoms with Crippen molar-refractivity contribution >= 4 is 25.2 Å². The van der Waals surface area contributed by atoms with Gasteiger partial charge in [0.1, 0.15) is 0 Å². The van der Waals surface area contributed by atoms with E-state index in [1.807, 2.05) is 19.7 Å². The second kappa shape index (κ2) is 2.69. The van der Waals surface area contributed by atoms with Gasteiger partial charge in [0.05, 0.1) is 23.9 Å². The molecule has 2 heterocycles. The third-order valence-electron chi connectivity index (χ3n) is 2.19. The zero-order valence-electron chi connectivity index (χ0n) is 7.65. The quantitative estimate of drug-likeness (QED) is 0.530. The van der Waals surface area contributed by atoms with Crippen molar-refractivity contribution in [2.75, 3.05) is 0 Å². The largest absolute Gasteiger partial charge is 0.382 e. The van der Waals surface area contributed by atoms with Gasteiger partial charge in [0.25, 0.3) is 0 Å². The lowest BCUT2D eigenvalue weighted by Crippen LogP contribution is -2.26. The summed E-state index contributed by atoms with van der Waals surface area (Å²) in [4.78, 5) is 6.29. The van der Waals surface area contributed by atoms with Crippen LogP contribution in [0.1, 0.15) is 12.5 Å². The highest BCUT2D eigenvalue weighted by molar-refractivity contribution is 6.22. The van der Waals surface area contributed by atoms with E-state index >= 15 is 0 Å². The van der Waals surface area contributed by atoms with Gasteiger partial charge in [-0.1, -0.05) is 6.58 Å². The van der Waals surface area contributed by atoms with E-state index < -0.39 is 0 Å². The van der Waals surface area contributed by atoms with Gasteiger partial charge in [-0.3, -0.25) is 0 Å². The summed E-state index contributed by atoms with van der Waals surface area (Å²) in [6.45, 7) is 5.90. The third kappa shape index (κ3) is 1.12. The molecule has 0 aliphatic carbocycles. The Kier molecular flexibility index (Phi) is 1.65. The number of amidine groups is 1. The van der Waals surface area contributed by atoms with Crippen LogP contribution in [0, 0.1) is 0 Å². The van der Waals surface area contributed by atoms with Crippen LogP contribution in [0.3, 0.4) is 0 Å². The number of hydrogen-bond donors (Lipinski definition) is 0. The van der Waals surface area contributed by atoms with Crippen molar-refractivity contribution < 1.29 is 0 Å². The summed E-state index contributed by atoms with van der Waals surface area (Å²) in [7, 11) is 1.94. The van der Waals surface area contributed by atoms with Crippen LogP contribution < -0.4 is 0 Å². The molecule has 0 atom stereocenters. The zero-order chi connectivity index (χ0) is 9.42. The second-order valence-electron chi connectivity index (χ2n) is 2.95. The maximum absolute atomic E-state index is 4.36. The minimum atomic E-state index is 0.843. The molecule has 0 bridgehead atoms. The predicted molar refractivity (Wildman–Crippen MR) is 54.2 cm³/mol. The number of aromatic nitrogens is 2. The lowest BCUT2D eigenvalue weighted by molar-refractivity contribution is 0.893. The number of hydrogen-bond acceptors (Lipinski definition) is 4. The van der Waals surface area contributed by atoms with Crippen LogP contribution in [-0.4, -0.2) is 28.8 Å². The molecule has 0 fully saturated rings. The molecule has 13 heavy (non-hydrogen) atoms. The highest BCUT2D eigenvalue weighted by Gasteiger charge is 2.16. The van der Waals surface area contributed by atoms with E-state index in [2.05, 4.69) is 21.8 Å². The first-order valence-corrected chi connectivity index (χ1v) is 3.99. The SMILES string of the molecule is BN1C(=C)c2cnncc2N=C1C. The topological polar surface area (TPSA) is 41.4 Å². The molecular formula is C8H9BN4. The summed E-state index contributed by atoms with van der Waals surface area (Å²) in [6.07, 6.45) is 3.33. The third-order valence-corrected chi connectivity index (χ3v) is 2.19. The van der Waals surface area contributed by atoms with E-state index in [1.165, 1.54) is 0 Å². The molecule has 0 amide bonds. The van der Waals surface area contributed by atoms with Gasteiger partial charge in [-0.05, 0) is 6.92 Å². The fraction of sp³-hybridized carbons (Fsp3) is 0.125. The standard InChI is InChI=1S/C8H9BN4/c1-5-7-3-10-11-4-8(7)12-6(2)13(5)9/h3-4H,1,9H2,2H3. The summed E-state index contributed by atoms with van der Waals surface area (Å²) < 4.78 is 0.